The molecule has 1 aliphatic heterocycles. The van der Waals surface area contributed by atoms with E-state index in [0.717, 1.165) is 12.1 Å². The van der Waals surface area contributed by atoms with Gasteiger partial charge in [0.15, 0.2) is 18.0 Å². The van der Waals surface area contributed by atoms with Crippen molar-refractivity contribution in [3.05, 3.63) is 108 Å². The highest BCUT2D eigenvalue weighted by atomic mass is 16.1. The van der Waals surface area contributed by atoms with Gasteiger partial charge in [-0.25, -0.2) is 4.58 Å². The number of rotatable bonds is 4. The molecule has 2 heteroatoms. The van der Waals surface area contributed by atoms with Gasteiger partial charge in [-0.1, -0.05) is 85.8 Å². The Morgan fingerprint density at radius 2 is 1.36 bits per heavy atom. The van der Waals surface area contributed by atoms with E-state index in [-0.39, 0.29) is 23.5 Å². The Bertz CT molecular complexity index is 977. The third-order valence-electron chi connectivity index (χ3n) is 5.93. The summed E-state index contributed by atoms with van der Waals surface area (Å²) in [6, 6.07) is 30.8. The lowest BCUT2D eigenvalue weighted by Crippen LogP contribution is -2.44. The first-order valence-corrected chi connectivity index (χ1v) is 9.94. The van der Waals surface area contributed by atoms with Crippen molar-refractivity contribution in [2.45, 2.75) is 12.8 Å². The molecule has 0 amide bonds. The summed E-state index contributed by atoms with van der Waals surface area (Å²) in [6.45, 7) is 2.99. The van der Waals surface area contributed by atoms with Crippen LogP contribution in [0, 0.1) is 11.8 Å². The van der Waals surface area contributed by atoms with Crippen molar-refractivity contribution in [3.8, 4) is 0 Å². The van der Waals surface area contributed by atoms with E-state index in [1.807, 2.05) is 42.5 Å². The molecular weight excluding hydrogens is 342 g/mol. The summed E-state index contributed by atoms with van der Waals surface area (Å²) in [6.07, 6.45) is 0. The quantitative estimate of drug-likeness (QED) is 0.466. The highest BCUT2D eigenvalue weighted by Gasteiger charge is 2.44. The van der Waals surface area contributed by atoms with E-state index < -0.39 is 0 Å². The molecule has 0 bridgehead atoms. The van der Waals surface area contributed by atoms with Crippen LogP contribution in [0.1, 0.15) is 34.3 Å². The normalized spacial score (nSPS) is 22.1. The first kappa shape index (κ1) is 18.4. The Morgan fingerprint density at radius 1 is 0.821 bits per heavy atom. The molecule has 4 rings (SSSR count). The zero-order valence-corrected chi connectivity index (χ0v) is 16.5. The van der Waals surface area contributed by atoms with Crippen molar-refractivity contribution in [2.75, 3.05) is 13.6 Å². The smallest absolute Gasteiger partial charge is 0.186 e. The maximum absolute atomic E-state index is 13.5. The molecule has 0 aromatic heterocycles. The molecule has 28 heavy (non-hydrogen) atoms. The van der Waals surface area contributed by atoms with Crippen molar-refractivity contribution >= 4 is 11.5 Å². The fourth-order valence-electron chi connectivity index (χ4n) is 4.72. The molecule has 3 aromatic carbocycles. The van der Waals surface area contributed by atoms with Crippen LogP contribution in [0.4, 0.5) is 0 Å². The van der Waals surface area contributed by atoms with E-state index in [4.69, 9.17) is 0 Å². The lowest BCUT2D eigenvalue weighted by Gasteiger charge is -2.34. The molecule has 3 atom stereocenters. The Morgan fingerprint density at radius 3 is 1.96 bits per heavy atom. The Hall–Kier alpha value is -3.00. The molecule has 0 spiro atoms. The number of carbonyl (C=O) groups excluding carboxylic acids is 1. The van der Waals surface area contributed by atoms with Crippen LogP contribution in [0.15, 0.2) is 91.0 Å². The zero-order valence-electron chi connectivity index (χ0n) is 16.5. The molecule has 2 nitrogen and oxygen atoms in total. The van der Waals surface area contributed by atoms with Crippen LogP contribution in [-0.4, -0.2) is 29.7 Å². The number of hydrogen-bond donors (Lipinski definition) is 0. The molecule has 0 aliphatic carbocycles. The van der Waals surface area contributed by atoms with Gasteiger partial charge in [0, 0.05) is 23.0 Å². The van der Waals surface area contributed by atoms with Gasteiger partial charge in [-0.05, 0) is 17.7 Å². The highest BCUT2D eigenvalue weighted by molar-refractivity contribution is 6.03. The summed E-state index contributed by atoms with van der Waals surface area (Å²) in [4.78, 5) is 13.5. The minimum atomic E-state index is -0.0720. The number of Topliss-reactive ketones (excluding diaryl/α,β-unsaturated/α-hetero) is 1. The monoisotopic (exact) mass is 368 g/mol. The minimum absolute atomic E-state index is 0.0720. The molecule has 0 radical (unpaired) electrons. The summed E-state index contributed by atoms with van der Waals surface area (Å²) in [5.41, 5.74) is 4.60. The average Bonchev–Trinajstić information content (AvgIpc) is 2.75. The fraction of sp³-hybridized carbons (Fsp3) is 0.231. The van der Waals surface area contributed by atoms with Crippen molar-refractivity contribution in [1.82, 2.24) is 0 Å². The first-order chi connectivity index (χ1) is 13.7. The van der Waals surface area contributed by atoms with E-state index in [2.05, 4.69) is 67.1 Å². The molecular formula is C26H26NO+. The number of ketones is 1. The second-order valence-corrected chi connectivity index (χ2v) is 7.69. The van der Waals surface area contributed by atoms with Gasteiger partial charge in [-0.15, -0.1) is 0 Å². The van der Waals surface area contributed by atoms with E-state index in [1.165, 1.54) is 16.8 Å². The third-order valence-corrected chi connectivity index (χ3v) is 5.93. The topological polar surface area (TPSA) is 20.1 Å². The third kappa shape index (κ3) is 3.43. The van der Waals surface area contributed by atoms with E-state index in [9.17, 15) is 4.79 Å². The summed E-state index contributed by atoms with van der Waals surface area (Å²) in [5.74, 6) is 0.555. The largest absolute Gasteiger partial charge is 0.294 e. The SMILES string of the molecule is C[C@@H]1C(c2ccccc2)=[N+](C)C[C@@H](C(=O)c2ccccc2)[C@@H]1c1ccccc1. The van der Waals surface area contributed by atoms with Crippen LogP contribution >= 0.6 is 0 Å². The van der Waals surface area contributed by atoms with Crippen LogP contribution in [0.3, 0.4) is 0 Å². The van der Waals surface area contributed by atoms with Crippen molar-refractivity contribution in [3.63, 3.8) is 0 Å². The van der Waals surface area contributed by atoms with Crippen LogP contribution < -0.4 is 0 Å². The number of benzene rings is 3. The Labute approximate surface area is 167 Å². The van der Waals surface area contributed by atoms with Gasteiger partial charge in [-0.2, -0.15) is 0 Å². The van der Waals surface area contributed by atoms with E-state index >= 15 is 0 Å². The van der Waals surface area contributed by atoms with Gasteiger partial charge < -0.3 is 0 Å². The number of hydrogen-bond acceptors (Lipinski definition) is 1. The van der Waals surface area contributed by atoms with Gasteiger partial charge in [0.1, 0.15) is 7.05 Å². The van der Waals surface area contributed by atoms with Crippen molar-refractivity contribution in [2.24, 2.45) is 11.8 Å². The highest BCUT2D eigenvalue weighted by Crippen LogP contribution is 2.39. The molecule has 1 heterocycles. The van der Waals surface area contributed by atoms with Crippen LogP contribution in [0.2, 0.25) is 0 Å². The standard InChI is InChI=1S/C26H26NO/c1-19-24(20-12-6-3-7-13-20)23(26(28)22-16-10-5-11-17-22)18-27(2)25(19)21-14-8-4-9-15-21/h3-17,19,23-24H,18H2,1-2H3/q+1/t19-,23+,24-/m0/s1. The predicted octanol–water partition coefficient (Wildman–Crippen LogP) is 5.05. The van der Waals surface area contributed by atoms with Gasteiger partial charge in [0.25, 0.3) is 0 Å². The van der Waals surface area contributed by atoms with Crippen LogP contribution in [-0.2, 0) is 0 Å². The van der Waals surface area contributed by atoms with Gasteiger partial charge in [0.2, 0.25) is 0 Å². The Kier molecular flexibility index (Phi) is 5.21. The maximum Gasteiger partial charge on any atom is 0.186 e. The summed E-state index contributed by atoms with van der Waals surface area (Å²) < 4.78 is 2.28. The lowest BCUT2D eigenvalue weighted by molar-refractivity contribution is -0.510. The molecule has 0 fully saturated rings. The van der Waals surface area contributed by atoms with Crippen LogP contribution in [0.5, 0.6) is 0 Å². The van der Waals surface area contributed by atoms with Gasteiger partial charge in [0.05, 0.1) is 5.92 Å². The number of carbonyl (C=O) groups is 1. The van der Waals surface area contributed by atoms with E-state index in [1.54, 1.807) is 0 Å². The maximum atomic E-state index is 13.5. The predicted molar refractivity (Wildman–Crippen MR) is 114 cm³/mol. The molecule has 140 valence electrons. The summed E-state index contributed by atoms with van der Waals surface area (Å²) in [7, 11) is 2.12. The molecule has 0 saturated heterocycles. The molecule has 0 unspecified atom stereocenters. The molecule has 0 saturated carbocycles. The average molecular weight is 368 g/mol. The first-order valence-electron chi connectivity index (χ1n) is 9.94. The van der Waals surface area contributed by atoms with Crippen molar-refractivity contribution < 1.29 is 9.37 Å². The minimum Gasteiger partial charge on any atom is -0.294 e. The molecule has 0 N–H and O–H groups in total. The lowest BCUT2D eigenvalue weighted by atomic mass is 9.69. The zero-order chi connectivity index (χ0) is 19.5. The summed E-state index contributed by atoms with van der Waals surface area (Å²) in [5, 5.41) is 0. The molecule has 3 aromatic rings. The fourth-order valence-corrected chi connectivity index (χ4v) is 4.72. The van der Waals surface area contributed by atoms with Crippen molar-refractivity contribution in [1.29, 1.82) is 0 Å². The Balaban J connectivity index is 1.81. The molecule has 1 aliphatic rings. The van der Waals surface area contributed by atoms with Gasteiger partial charge >= 0.3 is 0 Å². The number of nitrogens with zero attached hydrogens (tertiary/aromatic N) is 1. The van der Waals surface area contributed by atoms with Gasteiger partial charge in [-0.3, -0.25) is 4.79 Å². The van der Waals surface area contributed by atoms with E-state index in [0.29, 0.717) is 0 Å². The van der Waals surface area contributed by atoms with Crippen LogP contribution in [0.25, 0.3) is 0 Å². The second kappa shape index (κ2) is 7.93. The summed E-state index contributed by atoms with van der Waals surface area (Å²) >= 11 is 0. The second-order valence-electron chi connectivity index (χ2n) is 7.69.